The molecule has 1 aliphatic heterocycles. The maximum atomic E-state index is 13.1. The van der Waals surface area contributed by atoms with Crippen LogP contribution in [-0.4, -0.2) is 5.78 Å². The van der Waals surface area contributed by atoms with Crippen molar-refractivity contribution >= 4 is 51.2 Å². The van der Waals surface area contributed by atoms with E-state index < -0.39 is 0 Å². The Bertz CT molecular complexity index is 1100. The minimum atomic E-state index is -0.299. The Hall–Kier alpha value is -2.08. The number of hydrogen-bond acceptors (Lipinski definition) is 3. The molecule has 3 aromatic rings. The van der Waals surface area contributed by atoms with E-state index in [4.69, 9.17) is 16.3 Å². The van der Waals surface area contributed by atoms with Crippen molar-refractivity contribution in [3.05, 3.63) is 97.6 Å². The van der Waals surface area contributed by atoms with Gasteiger partial charge in [0.15, 0.2) is 0 Å². The third-order valence-electron chi connectivity index (χ3n) is 4.20. The van der Waals surface area contributed by atoms with Crippen molar-refractivity contribution < 1.29 is 13.9 Å². The van der Waals surface area contributed by atoms with E-state index in [0.717, 1.165) is 14.9 Å². The number of carbonyl (C=O) groups excluding carboxylic acids is 1. The topological polar surface area (TPSA) is 26.3 Å². The average Bonchev–Trinajstić information content (AvgIpc) is 2.98. The molecular weight excluding hydrogens is 463 g/mol. The molecule has 0 aromatic heterocycles. The van der Waals surface area contributed by atoms with Crippen LogP contribution < -0.4 is 4.74 Å². The molecule has 0 N–H and O–H groups in total. The molecule has 140 valence electrons. The highest BCUT2D eigenvalue weighted by Gasteiger charge is 2.26. The van der Waals surface area contributed by atoms with Crippen LogP contribution >= 0.6 is 39.3 Å². The minimum Gasteiger partial charge on any atom is -0.487 e. The van der Waals surface area contributed by atoms with Crippen molar-refractivity contribution in [3.8, 4) is 5.75 Å². The van der Waals surface area contributed by atoms with Crippen LogP contribution in [0.15, 0.2) is 74.9 Å². The van der Waals surface area contributed by atoms with Gasteiger partial charge in [0, 0.05) is 20.5 Å². The van der Waals surface area contributed by atoms with Crippen molar-refractivity contribution in [1.82, 2.24) is 0 Å². The second-order valence-electron chi connectivity index (χ2n) is 6.16. The number of fused-ring (bicyclic) bond motifs is 1. The normalized spacial score (nSPS) is 14.4. The first kappa shape index (κ1) is 19.2. The smallest absolute Gasteiger partial charge is 0.200 e. The first-order valence-electron chi connectivity index (χ1n) is 8.41. The summed E-state index contributed by atoms with van der Waals surface area (Å²) in [6.07, 6.45) is 1.80. The van der Waals surface area contributed by atoms with Gasteiger partial charge in [0.25, 0.3) is 0 Å². The van der Waals surface area contributed by atoms with Crippen molar-refractivity contribution in [3.63, 3.8) is 0 Å². The van der Waals surface area contributed by atoms with Crippen LogP contribution in [0.5, 0.6) is 5.75 Å². The van der Waals surface area contributed by atoms with Gasteiger partial charge in [0.05, 0.1) is 9.93 Å². The van der Waals surface area contributed by atoms with Gasteiger partial charge in [0.1, 0.15) is 18.2 Å². The fraction of sp³-hybridized carbons (Fsp3) is 0.0455. The summed E-state index contributed by atoms with van der Waals surface area (Å²) in [7, 11) is 0. The highest BCUT2D eigenvalue weighted by atomic mass is 79.9. The van der Waals surface area contributed by atoms with Gasteiger partial charge in [-0.1, -0.05) is 63.6 Å². The van der Waals surface area contributed by atoms with Crippen molar-refractivity contribution in [1.29, 1.82) is 0 Å². The number of Topliss-reactive ketones (excluding diaryl/α,β-unsaturated/α-hetero) is 1. The van der Waals surface area contributed by atoms with Crippen LogP contribution in [0.4, 0.5) is 4.39 Å². The molecule has 0 aliphatic carbocycles. The van der Waals surface area contributed by atoms with Gasteiger partial charge in [0.2, 0.25) is 5.78 Å². The molecule has 0 spiro atoms. The van der Waals surface area contributed by atoms with Crippen LogP contribution in [0.1, 0.15) is 21.5 Å². The number of thioether (sulfide) groups is 1. The minimum absolute atomic E-state index is 0.0128. The summed E-state index contributed by atoms with van der Waals surface area (Å²) in [5.41, 5.74) is 2.22. The molecule has 1 heterocycles. The number of benzene rings is 3. The third-order valence-corrected chi connectivity index (χ3v) is 6.03. The molecule has 0 atom stereocenters. The van der Waals surface area contributed by atoms with Crippen LogP contribution in [0.25, 0.3) is 6.08 Å². The Kier molecular flexibility index (Phi) is 5.58. The Morgan fingerprint density at radius 3 is 2.61 bits per heavy atom. The zero-order valence-electron chi connectivity index (χ0n) is 14.4. The fourth-order valence-corrected chi connectivity index (χ4v) is 4.78. The molecule has 0 bridgehead atoms. The standard InChI is InChI=1S/C22H13BrClFO2S/c23-15-9-14(10-20-21(26)17-3-1-2-4-19(17)28-20)22(18(24)11-15)27-12-13-5-7-16(25)8-6-13/h1-11H,12H2/b20-10-. The van der Waals surface area contributed by atoms with Crippen molar-refractivity contribution in [2.24, 2.45) is 0 Å². The summed E-state index contributed by atoms with van der Waals surface area (Å²) in [6, 6.07) is 17.2. The summed E-state index contributed by atoms with van der Waals surface area (Å²) >= 11 is 11.3. The molecule has 0 saturated carbocycles. The molecule has 0 saturated heterocycles. The van der Waals surface area contributed by atoms with Gasteiger partial charge >= 0.3 is 0 Å². The predicted octanol–water partition coefficient (Wildman–Crippen LogP) is 7.15. The maximum absolute atomic E-state index is 13.1. The molecule has 4 rings (SSSR count). The summed E-state index contributed by atoms with van der Waals surface area (Å²) in [4.78, 5) is 14.2. The Balaban J connectivity index is 1.66. The Morgan fingerprint density at radius 2 is 1.86 bits per heavy atom. The molecule has 2 nitrogen and oxygen atoms in total. The van der Waals surface area contributed by atoms with Gasteiger partial charge in [-0.2, -0.15) is 0 Å². The Labute approximate surface area is 179 Å². The molecule has 0 unspecified atom stereocenters. The third kappa shape index (κ3) is 4.02. The van der Waals surface area contributed by atoms with Crippen LogP contribution in [-0.2, 0) is 6.61 Å². The predicted molar refractivity (Wildman–Crippen MR) is 114 cm³/mol. The monoisotopic (exact) mass is 474 g/mol. The molecule has 28 heavy (non-hydrogen) atoms. The fourth-order valence-electron chi connectivity index (χ4n) is 2.85. The molecule has 0 amide bonds. The lowest BCUT2D eigenvalue weighted by Gasteiger charge is -2.12. The number of rotatable bonds is 4. The van der Waals surface area contributed by atoms with E-state index in [1.54, 1.807) is 24.3 Å². The largest absolute Gasteiger partial charge is 0.487 e. The lowest BCUT2D eigenvalue weighted by molar-refractivity contribution is 0.104. The highest BCUT2D eigenvalue weighted by Crippen LogP contribution is 2.42. The van der Waals surface area contributed by atoms with E-state index >= 15 is 0 Å². The first-order chi connectivity index (χ1) is 13.5. The van der Waals surface area contributed by atoms with E-state index in [0.29, 0.717) is 26.8 Å². The average molecular weight is 476 g/mol. The summed E-state index contributed by atoms with van der Waals surface area (Å²) < 4.78 is 19.8. The summed E-state index contributed by atoms with van der Waals surface area (Å²) in [5.74, 6) is 0.166. The first-order valence-corrected chi connectivity index (χ1v) is 10.4. The molecule has 3 aromatic carbocycles. The number of hydrogen-bond donors (Lipinski definition) is 0. The number of carbonyl (C=O) groups is 1. The zero-order chi connectivity index (χ0) is 19.7. The number of ether oxygens (including phenoxy) is 1. The van der Waals surface area contributed by atoms with Gasteiger partial charge in [-0.25, -0.2) is 4.39 Å². The van der Waals surface area contributed by atoms with Crippen LogP contribution in [0.3, 0.4) is 0 Å². The molecule has 0 fully saturated rings. The SMILES string of the molecule is O=C1/C(=C/c2cc(Br)cc(Cl)c2OCc2ccc(F)cc2)Sc2ccccc21. The number of allylic oxidation sites excluding steroid dienone is 1. The van der Waals surface area contributed by atoms with E-state index in [1.807, 2.05) is 30.3 Å². The van der Waals surface area contributed by atoms with Crippen molar-refractivity contribution in [2.45, 2.75) is 11.5 Å². The summed E-state index contributed by atoms with van der Waals surface area (Å²) in [6.45, 7) is 0.235. The zero-order valence-corrected chi connectivity index (χ0v) is 17.6. The van der Waals surface area contributed by atoms with Gasteiger partial charge in [-0.3, -0.25) is 4.79 Å². The molecule has 0 radical (unpaired) electrons. The van der Waals surface area contributed by atoms with Gasteiger partial charge < -0.3 is 4.74 Å². The van der Waals surface area contributed by atoms with Crippen molar-refractivity contribution in [2.75, 3.05) is 0 Å². The second-order valence-corrected chi connectivity index (χ2v) is 8.56. The lowest BCUT2D eigenvalue weighted by Crippen LogP contribution is -1.99. The Morgan fingerprint density at radius 1 is 1.11 bits per heavy atom. The molecule has 1 aliphatic rings. The quantitative estimate of drug-likeness (QED) is 0.375. The molecular formula is C22H13BrClFO2S. The number of halogens is 3. The van der Waals surface area contributed by atoms with E-state index in [-0.39, 0.29) is 18.2 Å². The highest BCUT2D eigenvalue weighted by molar-refractivity contribution is 9.10. The maximum Gasteiger partial charge on any atom is 0.200 e. The molecule has 6 heteroatoms. The summed E-state index contributed by atoms with van der Waals surface area (Å²) in [5, 5.41) is 0.427. The lowest BCUT2D eigenvalue weighted by atomic mass is 10.1. The van der Waals surface area contributed by atoms with Gasteiger partial charge in [-0.05, 0) is 48.0 Å². The van der Waals surface area contributed by atoms with E-state index in [2.05, 4.69) is 15.9 Å². The van der Waals surface area contributed by atoms with E-state index in [9.17, 15) is 9.18 Å². The van der Waals surface area contributed by atoms with Gasteiger partial charge in [-0.15, -0.1) is 0 Å². The van der Waals surface area contributed by atoms with Crippen LogP contribution in [0, 0.1) is 5.82 Å². The van der Waals surface area contributed by atoms with E-state index in [1.165, 1.54) is 23.9 Å². The second kappa shape index (κ2) is 8.11. The van der Waals surface area contributed by atoms with Crippen LogP contribution in [0.2, 0.25) is 5.02 Å². The number of ketones is 1.